The van der Waals surface area contributed by atoms with Crippen molar-refractivity contribution in [2.45, 2.75) is 19.8 Å². The van der Waals surface area contributed by atoms with E-state index in [2.05, 4.69) is 20.3 Å². The number of nitrogens with zero attached hydrogens (tertiary/aromatic N) is 7. The van der Waals surface area contributed by atoms with Crippen molar-refractivity contribution in [3.63, 3.8) is 0 Å². The number of carbonyl (C=O) groups is 1. The first-order valence-corrected chi connectivity index (χ1v) is 7.59. The highest BCUT2D eigenvalue weighted by atomic mass is 19.1. The third kappa shape index (κ3) is 4.53. The molecular formula is C15H18FN7O. The van der Waals surface area contributed by atoms with Crippen molar-refractivity contribution in [3.05, 3.63) is 46.9 Å². The molecule has 0 N–H and O–H groups in total. The monoisotopic (exact) mass is 331 g/mol. The number of azide groups is 1. The third-order valence-corrected chi connectivity index (χ3v) is 3.48. The summed E-state index contributed by atoms with van der Waals surface area (Å²) in [5.74, 6) is -0.0572. The van der Waals surface area contributed by atoms with Crippen molar-refractivity contribution in [2.75, 3.05) is 24.5 Å². The highest BCUT2D eigenvalue weighted by Crippen LogP contribution is 2.24. The SMILES string of the molecule is CCN=[N+]=[N-].O=C1CCN(c2ccc(-n3ccnn3)cc2F)CC1. The summed E-state index contributed by atoms with van der Waals surface area (Å²) in [5, 5.41) is 10.7. The topological polar surface area (TPSA) is 99.8 Å². The Morgan fingerprint density at radius 2 is 2.12 bits per heavy atom. The fourth-order valence-corrected chi connectivity index (χ4v) is 2.30. The van der Waals surface area contributed by atoms with Gasteiger partial charge in [-0.3, -0.25) is 4.79 Å². The molecule has 2 aromatic rings. The summed E-state index contributed by atoms with van der Waals surface area (Å²) in [5.41, 5.74) is 8.69. The van der Waals surface area contributed by atoms with Crippen molar-refractivity contribution in [2.24, 2.45) is 5.11 Å². The van der Waals surface area contributed by atoms with E-state index in [0.29, 0.717) is 43.9 Å². The van der Waals surface area contributed by atoms with E-state index in [-0.39, 0.29) is 11.6 Å². The van der Waals surface area contributed by atoms with E-state index < -0.39 is 0 Å². The summed E-state index contributed by atoms with van der Waals surface area (Å²) >= 11 is 0. The zero-order chi connectivity index (χ0) is 17.4. The number of Topliss-reactive ketones (excluding diaryl/α,β-unsaturated/α-hetero) is 1. The average molecular weight is 331 g/mol. The summed E-state index contributed by atoms with van der Waals surface area (Å²) in [6, 6.07) is 4.95. The van der Waals surface area contributed by atoms with Crippen LogP contribution in [0, 0.1) is 5.82 Å². The van der Waals surface area contributed by atoms with Gasteiger partial charge in [-0.25, -0.2) is 9.07 Å². The molecule has 0 atom stereocenters. The van der Waals surface area contributed by atoms with Crippen molar-refractivity contribution >= 4 is 11.5 Å². The minimum atomic E-state index is -0.303. The van der Waals surface area contributed by atoms with E-state index in [1.165, 1.54) is 10.7 Å². The van der Waals surface area contributed by atoms with Crippen molar-refractivity contribution in [1.29, 1.82) is 0 Å². The van der Waals surface area contributed by atoms with Gasteiger partial charge in [0.2, 0.25) is 0 Å². The molecule has 8 nitrogen and oxygen atoms in total. The quantitative estimate of drug-likeness (QED) is 0.490. The van der Waals surface area contributed by atoms with Crippen LogP contribution < -0.4 is 4.90 Å². The average Bonchev–Trinajstić information content (AvgIpc) is 3.12. The van der Waals surface area contributed by atoms with Crippen LogP contribution in [0.2, 0.25) is 0 Å². The second-order valence-electron chi connectivity index (χ2n) is 5.06. The highest BCUT2D eigenvalue weighted by molar-refractivity contribution is 5.81. The van der Waals surface area contributed by atoms with E-state index in [0.717, 1.165) is 0 Å². The fourth-order valence-electron chi connectivity index (χ4n) is 2.30. The van der Waals surface area contributed by atoms with E-state index in [9.17, 15) is 9.18 Å². The van der Waals surface area contributed by atoms with Gasteiger partial charge < -0.3 is 4.90 Å². The van der Waals surface area contributed by atoms with Crippen LogP contribution in [0.5, 0.6) is 0 Å². The molecule has 0 spiro atoms. The Labute approximate surface area is 138 Å². The number of anilines is 1. The van der Waals surface area contributed by atoms with Gasteiger partial charge >= 0.3 is 0 Å². The molecule has 9 heteroatoms. The van der Waals surface area contributed by atoms with E-state index in [4.69, 9.17) is 5.53 Å². The van der Waals surface area contributed by atoms with E-state index in [1.807, 2.05) is 4.90 Å². The first-order chi connectivity index (χ1) is 11.7. The van der Waals surface area contributed by atoms with Gasteiger partial charge in [0.05, 0.1) is 23.8 Å². The first kappa shape index (κ1) is 17.4. The summed E-state index contributed by atoms with van der Waals surface area (Å²) in [6.45, 7) is 3.51. The Bertz CT molecular complexity index is 715. The third-order valence-electron chi connectivity index (χ3n) is 3.48. The number of halogens is 1. The first-order valence-electron chi connectivity index (χ1n) is 7.59. The van der Waals surface area contributed by atoms with Crippen molar-refractivity contribution < 1.29 is 9.18 Å². The van der Waals surface area contributed by atoms with Gasteiger partial charge in [0, 0.05) is 43.5 Å². The lowest BCUT2D eigenvalue weighted by Gasteiger charge is -2.28. The number of aromatic nitrogens is 3. The molecule has 0 amide bonds. The lowest BCUT2D eigenvalue weighted by atomic mass is 10.1. The Kier molecular flexibility index (Phi) is 6.27. The highest BCUT2D eigenvalue weighted by Gasteiger charge is 2.19. The number of hydrogen-bond acceptors (Lipinski definition) is 5. The second-order valence-corrected chi connectivity index (χ2v) is 5.06. The predicted molar refractivity (Wildman–Crippen MR) is 87.5 cm³/mol. The molecular weight excluding hydrogens is 313 g/mol. The van der Waals surface area contributed by atoms with Crippen LogP contribution >= 0.6 is 0 Å². The van der Waals surface area contributed by atoms with Crippen molar-refractivity contribution in [1.82, 2.24) is 15.0 Å². The van der Waals surface area contributed by atoms with Crippen LogP contribution in [0.1, 0.15) is 19.8 Å². The number of hydrogen-bond donors (Lipinski definition) is 0. The zero-order valence-corrected chi connectivity index (χ0v) is 13.3. The molecule has 3 rings (SSSR count). The maximum atomic E-state index is 14.1. The lowest BCUT2D eigenvalue weighted by Crippen LogP contribution is -2.34. The van der Waals surface area contributed by atoms with E-state index >= 15 is 0 Å². The van der Waals surface area contributed by atoms with Crippen LogP contribution in [0.25, 0.3) is 16.1 Å². The standard InChI is InChI=1S/C13H13FN4O.C2H5N3/c14-12-9-10(18-8-5-15-16-18)1-2-13(12)17-6-3-11(19)4-7-17;1-2-4-5-3/h1-2,5,8-9H,3-4,6-7H2;2H2,1H3. The Balaban J connectivity index is 0.000000368. The number of benzene rings is 1. The molecule has 1 fully saturated rings. The minimum absolute atomic E-state index is 0.246. The lowest BCUT2D eigenvalue weighted by molar-refractivity contribution is -0.119. The Hall–Kier alpha value is -2.93. The molecule has 1 aromatic carbocycles. The van der Waals surface area contributed by atoms with Crippen molar-refractivity contribution in [3.8, 4) is 5.69 Å². The van der Waals surface area contributed by atoms with Gasteiger partial charge in [0.25, 0.3) is 0 Å². The predicted octanol–water partition coefficient (Wildman–Crippen LogP) is 2.89. The summed E-state index contributed by atoms with van der Waals surface area (Å²) < 4.78 is 15.6. The molecule has 1 aliphatic rings. The molecule has 0 unspecified atom stereocenters. The minimum Gasteiger partial charge on any atom is -0.368 e. The number of piperidine rings is 1. The molecule has 1 aromatic heterocycles. The molecule has 2 heterocycles. The number of ketones is 1. The van der Waals surface area contributed by atoms with Gasteiger partial charge in [-0.05, 0) is 17.7 Å². The molecule has 0 aliphatic carbocycles. The normalized spacial score (nSPS) is 13.8. The summed E-state index contributed by atoms with van der Waals surface area (Å²) in [7, 11) is 0. The van der Waals surface area contributed by atoms with Crippen LogP contribution in [0.4, 0.5) is 10.1 Å². The van der Waals surface area contributed by atoms with Gasteiger partial charge in [-0.2, -0.15) is 0 Å². The molecule has 0 bridgehead atoms. The van der Waals surface area contributed by atoms with Crippen LogP contribution in [0.3, 0.4) is 0 Å². The number of carbonyl (C=O) groups excluding carboxylic acids is 1. The summed E-state index contributed by atoms with van der Waals surface area (Å²) in [4.78, 5) is 15.6. The van der Waals surface area contributed by atoms with Crippen LogP contribution in [-0.4, -0.2) is 40.4 Å². The Morgan fingerprint density at radius 1 is 1.38 bits per heavy atom. The molecule has 0 radical (unpaired) electrons. The van der Waals surface area contributed by atoms with Gasteiger partial charge in [-0.1, -0.05) is 17.3 Å². The fraction of sp³-hybridized carbons (Fsp3) is 0.400. The van der Waals surface area contributed by atoms with Gasteiger partial charge in [-0.15, -0.1) is 5.10 Å². The molecule has 1 saturated heterocycles. The summed E-state index contributed by atoms with van der Waals surface area (Å²) in [6.07, 6.45) is 4.19. The zero-order valence-electron chi connectivity index (χ0n) is 13.3. The largest absolute Gasteiger partial charge is 0.368 e. The smallest absolute Gasteiger partial charge is 0.148 e. The number of rotatable bonds is 3. The maximum absolute atomic E-state index is 14.1. The van der Waals surface area contributed by atoms with E-state index in [1.54, 1.807) is 31.5 Å². The molecule has 126 valence electrons. The Morgan fingerprint density at radius 3 is 2.62 bits per heavy atom. The maximum Gasteiger partial charge on any atom is 0.148 e. The van der Waals surface area contributed by atoms with Gasteiger partial charge in [0.1, 0.15) is 11.6 Å². The van der Waals surface area contributed by atoms with Crippen LogP contribution in [0.15, 0.2) is 35.7 Å². The molecule has 0 saturated carbocycles. The second kappa shape index (κ2) is 8.64. The van der Waals surface area contributed by atoms with Crippen LogP contribution in [-0.2, 0) is 4.79 Å². The molecule has 24 heavy (non-hydrogen) atoms. The molecule has 1 aliphatic heterocycles. The van der Waals surface area contributed by atoms with Gasteiger partial charge in [0.15, 0.2) is 0 Å².